The minimum Gasteiger partial charge on any atom is -0.492 e. The van der Waals surface area contributed by atoms with Gasteiger partial charge in [-0.2, -0.15) is 5.26 Å². The van der Waals surface area contributed by atoms with Gasteiger partial charge in [0.1, 0.15) is 42.1 Å². The number of carbonyl (C=O) groups is 1. The Morgan fingerprint density at radius 3 is 2.56 bits per heavy atom. The predicted molar refractivity (Wildman–Crippen MR) is 207 cm³/mol. The molecule has 54 heavy (non-hydrogen) atoms. The molecule has 0 bridgehead atoms. The third-order valence-electron chi connectivity index (χ3n) is 9.71. The number of hydrogen-bond acceptors (Lipinski definition) is 10. The number of carboxylic acid groups (broad SMARTS) is 1. The monoisotopic (exact) mass is 776 g/mol. The van der Waals surface area contributed by atoms with Crippen LogP contribution in [0.3, 0.4) is 0 Å². The van der Waals surface area contributed by atoms with Crippen LogP contribution in [0.5, 0.6) is 17.2 Å². The number of nitrogens with one attached hydrogen (secondary N) is 1. The zero-order valence-corrected chi connectivity index (χ0v) is 32.0. The van der Waals surface area contributed by atoms with Crippen LogP contribution in [0.2, 0.25) is 10.0 Å². The van der Waals surface area contributed by atoms with E-state index in [1.54, 1.807) is 24.4 Å². The van der Waals surface area contributed by atoms with Crippen molar-refractivity contribution >= 4 is 29.2 Å². The van der Waals surface area contributed by atoms with E-state index in [9.17, 15) is 25.4 Å². The molecule has 1 aliphatic heterocycles. The maximum atomic E-state index is 11.8. The van der Waals surface area contributed by atoms with E-state index in [2.05, 4.69) is 21.3 Å². The molecule has 1 saturated heterocycles. The average molecular weight is 778 g/mol. The number of pyridine rings is 1. The third-order valence-corrected chi connectivity index (χ3v) is 10.4. The Balaban J connectivity index is 1.30. The van der Waals surface area contributed by atoms with Crippen molar-refractivity contribution in [3.63, 3.8) is 0 Å². The highest BCUT2D eigenvalue weighted by molar-refractivity contribution is 6.35. The first-order valence-corrected chi connectivity index (χ1v) is 18.7. The van der Waals surface area contributed by atoms with Crippen LogP contribution < -0.4 is 19.5 Å². The quantitative estimate of drug-likeness (QED) is 0.0789. The lowest BCUT2D eigenvalue weighted by Crippen LogP contribution is -2.52. The second kappa shape index (κ2) is 19.3. The fraction of sp³-hybridized carbons (Fsp3) is 0.390. The van der Waals surface area contributed by atoms with E-state index in [-0.39, 0.29) is 31.4 Å². The van der Waals surface area contributed by atoms with Gasteiger partial charge >= 0.3 is 5.97 Å². The SMILES string of the molecule is Cc1c(COc2cc(OCc3cncc(C#N)c3)c(CNC(C)(CO)C(=O)O)cc2Cl)cccc1-c1cccc(OCCCN2CCCC(CO)C2)c1Cl. The summed E-state index contributed by atoms with van der Waals surface area (Å²) in [6.07, 6.45) is 6.09. The number of likely N-dealkylation sites (tertiary alicyclic amines) is 1. The number of carboxylic acids is 1. The van der Waals surface area contributed by atoms with Gasteiger partial charge in [-0.25, -0.2) is 0 Å². The van der Waals surface area contributed by atoms with Crippen molar-refractivity contribution in [2.45, 2.75) is 58.4 Å². The number of aliphatic hydroxyl groups excluding tert-OH is 2. The maximum Gasteiger partial charge on any atom is 0.326 e. The summed E-state index contributed by atoms with van der Waals surface area (Å²) in [4.78, 5) is 18.3. The van der Waals surface area contributed by atoms with Crippen LogP contribution in [0, 0.1) is 24.2 Å². The second-order valence-electron chi connectivity index (χ2n) is 13.7. The summed E-state index contributed by atoms with van der Waals surface area (Å²) in [6, 6.07) is 18.7. The first-order chi connectivity index (χ1) is 26.0. The first-order valence-electron chi connectivity index (χ1n) is 17.9. The van der Waals surface area contributed by atoms with Crippen LogP contribution >= 0.6 is 23.2 Å². The highest BCUT2D eigenvalue weighted by Gasteiger charge is 2.32. The number of ether oxygens (including phenoxy) is 3. The van der Waals surface area contributed by atoms with Crippen molar-refractivity contribution in [3.05, 3.63) is 105 Å². The molecule has 0 saturated carbocycles. The molecule has 0 amide bonds. The minimum atomic E-state index is -1.60. The number of rotatable bonds is 18. The number of benzene rings is 3. The summed E-state index contributed by atoms with van der Waals surface area (Å²) >= 11 is 13.7. The molecule has 1 fully saturated rings. The molecule has 4 N–H and O–H groups in total. The van der Waals surface area contributed by atoms with E-state index in [0.29, 0.717) is 51.5 Å². The normalized spacial score (nSPS) is 15.6. The molecular formula is C41H46Cl2N4O7. The Labute approximate surface area is 326 Å². The number of aromatic nitrogens is 1. The van der Waals surface area contributed by atoms with Crippen molar-refractivity contribution in [2.24, 2.45) is 5.92 Å². The van der Waals surface area contributed by atoms with Gasteiger partial charge in [0.05, 0.1) is 28.8 Å². The highest BCUT2D eigenvalue weighted by atomic mass is 35.5. The Morgan fingerprint density at radius 1 is 1.02 bits per heavy atom. The summed E-state index contributed by atoms with van der Waals surface area (Å²) in [5, 5.41) is 41.9. The number of aliphatic carboxylic acids is 1. The van der Waals surface area contributed by atoms with Gasteiger partial charge in [-0.1, -0.05) is 53.5 Å². The number of aliphatic hydroxyl groups is 2. The van der Waals surface area contributed by atoms with E-state index in [1.165, 1.54) is 13.1 Å². The van der Waals surface area contributed by atoms with Crippen molar-refractivity contribution in [3.8, 4) is 34.4 Å². The molecule has 2 atom stereocenters. The number of piperidine rings is 1. The molecule has 0 radical (unpaired) electrons. The minimum absolute atomic E-state index is 0.0172. The summed E-state index contributed by atoms with van der Waals surface area (Å²) in [5.41, 5.74) is 3.63. The van der Waals surface area contributed by atoms with Gasteiger partial charge < -0.3 is 34.4 Å². The smallest absolute Gasteiger partial charge is 0.326 e. The maximum absolute atomic E-state index is 11.8. The lowest BCUT2D eigenvalue weighted by Gasteiger charge is -2.31. The van der Waals surface area contributed by atoms with Crippen molar-refractivity contribution in [1.29, 1.82) is 5.26 Å². The van der Waals surface area contributed by atoms with Gasteiger partial charge in [-0.3, -0.25) is 15.1 Å². The molecule has 1 aromatic heterocycles. The lowest BCUT2D eigenvalue weighted by molar-refractivity contribution is -0.145. The van der Waals surface area contributed by atoms with Crippen LogP contribution in [0.1, 0.15) is 54.0 Å². The predicted octanol–water partition coefficient (Wildman–Crippen LogP) is 6.79. The third kappa shape index (κ3) is 10.4. The Kier molecular flexibility index (Phi) is 14.5. The number of nitriles is 1. The molecule has 2 unspecified atom stereocenters. The molecule has 4 aromatic rings. The van der Waals surface area contributed by atoms with E-state index < -0.39 is 18.1 Å². The number of nitrogens with zero attached hydrogens (tertiary/aromatic N) is 3. The van der Waals surface area contributed by atoms with Crippen molar-refractivity contribution < 1.29 is 34.3 Å². The van der Waals surface area contributed by atoms with E-state index in [0.717, 1.165) is 61.2 Å². The van der Waals surface area contributed by atoms with Crippen molar-refractivity contribution in [2.75, 3.05) is 39.5 Å². The fourth-order valence-electron chi connectivity index (χ4n) is 6.33. The summed E-state index contributed by atoms with van der Waals surface area (Å²) in [5.74, 6) is 0.477. The first kappa shape index (κ1) is 40.8. The fourth-order valence-corrected chi connectivity index (χ4v) is 6.85. The molecule has 13 heteroatoms. The Morgan fingerprint density at radius 2 is 1.80 bits per heavy atom. The summed E-state index contributed by atoms with van der Waals surface area (Å²) in [7, 11) is 0. The van der Waals surface area contributed by atoms with Crippen molar-refractivity contribution in [1.82, 2.24) is 15.2 Å². The molecule has 0 spiro atoms. The molecule has 3 aromatic carbocycles. The molecular weight excluding hydrogens is 731 g/mol. The molecule has 5 rings (SSSR count). The lowest BCUT2D eigenvalue weighted by atomic mass is 9.96. The van der Waals surface area contributed by atoms with Crippen LogP contribution in [-0.2, 0) is 24.6 Å². The van der Waals surface area contributed by atoms with E-state index in [1.807, 2.05) is 43.3 Å². The van der Waals surface area contributed by atoms with Crippen LogP contribution in [0.4, 0.5) is 0 Å². The molecule has 11 nitrogen and oxygen atoms in total. The van der Waals surface area contributed by atoms with Crippen LogP contribution in [0.15, 0.2) is 67.0 Å². The zero-order valence-electron chi connectivity index (χ0n) is 30.5. The van der Waals surface area contributed by atoms with E-state index in [4.69, 9.17) is 37.4 Å². The topological polar surface area (TPSA) is 157 Å². The van der Waals surface area contributed by atoms with E-state index >= 15 is 0 Å². The van der Waals surface area contributed by atoms with Gasteiger partial charge in [0.25, 0.3) is 0 Å². The Hall–Kier alpha value is -4.41. The van der Waals surface area contributed by atoms with Crippen LogP contribution in [-0.4, -0.2) is 76.2 Å². The van der Waals surface area contributed by atoms with Gasteiger partial charge in [-0.05, 0) is 80.5 Å². The molecule has 0 aliphatic carbocycles. The standard InChI is InChI=1S/C41H46Cl2N4O7/c1-27-31(8-3-9-33(27)34-10-4-11-36(39(34)43)52-14-6-13-47-12-5-7-28(22-47)23-48)25-54-38-17-37(53-24-30-15-29(18-44)19-45-20-30)32(16-35(38)42)21-46-41(2,26-49)40(50)51/h3-4,8-11,15-17,19-20,28,46,48-49H,5-7,12-14,21-26H2,1-2H3,(H,50,51). The van der Waals surface area contributed by atoms with Gasteiger partial charge in [0, 0.05) is 61.4 Å². The largest absolute Gasteiger partial charge is 0.492 e. The molecule has 286 valence electrons. The Bertz CT molecular complexity index is 1960. The van der Waals surface area contributed by atoms with Gasteiger partial charge in [0.15, 0.2) is 0 Å². The van der Waals surface area contributed by atoms with Gasteiger partial charge in [0.2, 0.25) is 0 Å². The molecule has 1 aliphatic rings. The summed E-state index contributed by atoms with van der Waals surface area (Å²) < 4.78 is 18.6. The zero-order chi connectivity index (χ0) is 38.7. The molecule has 2 heterocycles. The van der Waals surface area contributed by atoms with Gasteiger partial charge in [-0.15, -0.1) is 0 Å². The number of halogens is 2. The number of hydrogen-bond donors (Lipinski definition) is 4. The second-order valence-corrected chi connectivity index (χ2v) is 14.5. The highest BCUT2D eigenvalue weighted by Crippen LogP contribution is 2.39. The summed E-state index contributed by atoms with van der Waals surface area (Å²) in [6.45, 7) is 6.66. The average Bonchev–Trinajstić information content (AvgIpc) is 3.18. The van der Waals surface area contributed by atoms with Crippen LogP contribution in [0.25, 0.3) is 11.1 Å².